The first kappa shape index (κ1) is 17.6. The lowest BCUT2D eigenvalue weighted by molar-refractivity contribution is -0.137. The molecular weight excluding hydrogens is 319 g/mol. The van der Waals surface area contributed by atoms with Crippen molar-refractivity contribution in [3.05, 3.63) is 23.8 Å². The molecule has 0 atom stereocenters. The first-order valence-electron chi connectivity index (χ1n) is 7.45. The van der Waals surface area contributed by atoms with Gasteiger partial charge in [-0.05, 0) is 37.0 Å². The lowest BCUT2D eigenvalue weighted by Crippen LogP contribution is -2.33. The summed E-state index contributed by atoms with van der Waals surface area (Å²) in [4.78, 5) is 1.98. The van der Waals surface area contributed by atoms with Gasteiger partial charge < -0.3 is 4.90 Å². The van der Waals surface area contributed by atoms with Gasteiger partial charge >= 0.3 is 6.18 Å². The number of nitriles is 2. The molecule has 0 amide bonds. The Morgan fingerprint density at radius 2 is 1.88 bits per heavy atom. The number of halogens is 3. The zero-order valence-corrected chi connectivity index (χ0v) is 13.1. The molecule has 1 aliphatic rings. The smallest absolute Gasteiger partial charge is 0.370 e. The van der Waals surface area contributed by atoms with Gasteiger partial charge in [0, 0.05) is 13.1 Å². The maximum Gasteiger partial charge on any atom is 0.416 e. The number of alkyl halides is 3. The van der Waals surface area contributed by atoms with Gasteiger partial charge in [-0.25, -0.2) is 0 Å². The van der Waals surface area contributed by atoms with Gasteiger partial charge in [-0.1, -0.05) is 6.92 Å². The van der Waals surface area contributed by atoms with Crippen LogP contribution in [-0.2, 0) is 6.18 Å². The highest BCUT2D eigenvalue weighted by Gasteiger charge is 2.31. The summed E-state index contributed by atoms with van der Waals surface area (Å²) in [6, 6.07) is 6.50. The highest BCUT2D eigenvalue weighted by molar-refractivity contribution is 6.10. The minimum Gasteiger partial charge on any atom is -0.370 e. The molecule has 0 spiro atoms. The molecule has 126 valence electrons. The molecule has 0 saturated carbocycles. The van der Waals surface area contributed by atoms with E-state index in [1.165, 1.54) is 6.07 Å². The zero-order chi connectivity index (χ0) is 17.7. The van der Waals surface area contributed by atoms with Crippen LogP contribution in [0.4, 0.5) is 24.5 Å². The topological polar surface area (TPSA) is 75.2 Å². The van der Waals surface area contributed by atoms with E-state index in [1.807, 2.05) is 4.90 Å². The minimum absolute atomic E-state index is 0.127. The first-order valence-corrected chi connectivity index (χ1v) is 7.45. The van der Waals surface area contributed by atoms with Crippen LogP contribution in [-0.4, -0.2) is 18.8 Å². The maximum atomic E-state index is 12.9. The molecule has 24 heavy (non-hydrogen) atoms. The van der Waals surface area contributed by atoms with Gasteiger partial charge in [-0.15, -0.1) is 0 Å². The van der Waals surface area contributed by atoms with E-state index in [-0.39, 0.29) is 5.69 Å². The second-order valence-corrected chi connectivity index (χ2v) is 5.70. The standard InChI is InChI=1S/C16H16F3N5/c1-11-4-6-24(7-5-11)15-3-2-12(16(17,18)19)8-14(15)23-22-13(9-20)10-21/h2-3,8,11,23H,4-7H2,1H3. The van der Waals surface area contributed by atoms with Gasteiger partial charge in [0.1, 0.15) is 12.1 Å². The molecular formula is C16H16F3N5. The fraction of sp³-hybridized carbons (Fsp3) is 0.438. The molecule has 0 unspecified atom stereocenters. The largest absolute Gasteiger partial charge is 0.416 e. The molecule has 0 bridgehead atoms. The number of hydrogen-bond donors (Lipinski definition) is 1. The summed E-state index contributed by atoms with van der Waals surface area (Å²) in [7, 11) is 0. The third-order valence-electron chi connectivity index (χ3n) is 3.95. The van der Waals surface area contributed by atoms with Crippen molar-refractivity contribution in [3.8, 4) is 12.1 Å². The Morgan fingerprint density at radius 1 is 1.25 bits per heavy atom. The second-order valence-electron chi connectivity index (χ2n) is 5.70. The van der Waals surface area contributed by atoms with E-state index in [2.05, 4.69) is 17.5 Å². The van der Waals surface area contributed by atoms with Crippen LogP contribution >= 0.6 is 0 Å². The molecule has 0 aliphatic carbocycles. The van der Waals surface area contributed by atoms with Crippen molar-refractivity contribution < 1.29 is 13.2 Å². The Bertz CT molecular complexity index is 688. The van der Waals surface area contributed by atoms with Gasteiger partial charge in [-0.2, -0.15) is 28.8 Å². The first-order chi connectivity index (χ1) is 11.3. The zero-order valence-electron chi connectivity index (χ0n) is 13.1. The van der Waals surface area contributed by atoms with E-state index in [0.717, 1.165) is 38.1 Å². The maximum absolute atomic E-state index is 12.9. The van der Waals surface area contributed by atoms with E-state index in [0.29, 0.717) is 11.6 Å². The molecule has 1 aromatic rings. The van der Waals surface area contributed by atoms with Gasteiger partial charge in [0.15, 0.2) is 0 Å². The summed E-state index contributed by atoms with van der Waals surface area (Å²) in [6.07, 6.45) is -2.58. The second kappa shape index (κ2) is 7.22. The van der Waals surface area contributed by atoms with E-state index >= 15 is 0 Å². The van der Waals surface area contributed by atoms with Crippen LogP contribution in [0.1, 0.15) is 25.3 Å². The summed E-state index contributed by atoms with van der Waals surface area (Å²) < 4.78 is 38.8. The van der Waals surface area contributed by atoms with Gasteiger partial charge in [0.05, 0.1) is 16.9 Å². The Balaban J connectivity index is 2.37. The highest BCUT2D eigenvalue weighted by atomic mass is 19.4. The average Bonchev–Trinajstić information content (AvgIpc) is 2.55. The Kier molecular flexibility index (Phi) is 5.30. The molecule has 0 radical (unpaired) electrons. The molecule has 2 rings (SSSR count). The number of nitrogens with zero attached hydrogens (tertiary/aromatic N) is 4. The van der Waals surface area contributed by atoms with Crippen LogP contribution in [0.25, 0.3) is 0 Å². The van der Waals surface area contributed by atoms with E-state index in [4.69, 9.17) is 10.5 Å². The number of hydrazone groups is 1. The molecule has 1 aromatic carbocycles. The summed E-state index contributed by atoms with van der Waals surface area (Å²) in [5.41, 5.74) is 1.87. The van der Waals surface area contributed by atoms with Crippen LogP contribution in [0.15, 0.2) is 23.3 Å². The molecule has 0 aromatic heterocycles. The van der Waals surface area contributed by atoms with Crippen molar-refractivity contribution >= 4 is 17.1 Å². The van der Waals surface area contributed by atoms with Gasteiger partial charge in [0.2, 0.25) is 5.71 Å². The summed E-state index contributed by atoms with van der Waals surface area (Å²) >= 11 is 0. The third kappa shape index (κ3) is 4.17. The number of rotatable bonds is 3. The Labute approximate surface area is 138 Å². The number of anilines is 2. The van der Waals surface area contributed by atoms with E-state index in [9.17, 15) is 13.2 Å². The third-order valence-corrected chi connectivity index (χ3v) is 3.95. The van der Waals surface area contributed by atoms with Crippen LogP contribution in [0.5, 0.6) is 0 Å². The number of benzene rings is 1. The van der Waals surface area contributed by atoms with Gasteiger partial charge in [0.25, 0.3) is 0 Å². The molecule has 1 aliphatic heterocycles. The van der Waals surface area contributed by atoms with E-state index in [1.54, 1.807) is 12.1 Å². The summed E-state index contributed by atoms with van der Waals surface area (Å²) in [5, 5.41) is 21.0. The van der Waals surface area contributed by atoms with Crippen LogP contribution in [0.2, 0.25) is 0 Å². The minimum atomic E-state index is -4.48. The molecule has 1 N–H and O–H groups in total. The van der Waals surface area contributed by atoms with Crippen LogP contribution < -0.4 is 10.3 Å². The highest BCUT2D eigenvalue weighted by Crippen LogP contribution is 2.36. The van der Waals surface area contributed by atoms with Crippen molar-refractivity contribution in [1.29, 1.82) is 10.5 Å². The van der Waals surface area contributed by atoms with Crippen molar-refractivity contribution in [2.45, 2.75) is 25.9 Å². The number of nitrogens with one attached hydrogen (secondary N) is 1. The fourth-order valence-electron chi connectivity index (χ4n) is 2.52. The predicted octanol–water partition coefficient (Wildman–Crippen LogP) is 3.76. The van der Waals surface area contributed by atoms with Crippen molar-refractivity contribution in [2.24, 2.45) is 11.0 Å². The summed E-state index contributed by atoms with van der Waals surface area (Å²) in [6.45, 7) is 3.60. The van der Waals surface area contributed by atoms with Crippen LogP contribution in [0, 0.1) is 28.6 Å². The number of piperidine rings is 1. The molecule has 1 saturated heterocycles. The SMILES string of the molecule is CC1CCN(c2ccc(C(F)(F)F)cc2NN=C(C#N)C#N)CC1. The predicted molar refractivity (Wildman–Crippen MR) is 84.3 cm³/mol. The van der Waals surface area contributed by atoms with Crippen molar-refractivity contribution in [1.82, 2.24) is 0 Å². The van der Waals surface area contributed by atoms with Gasteiger partial charge in [-0.3, -0.25) is 5.43 Å². The Morgan fingerprint density at radius 3 is 2.42 bits per heavy atom. The monoisotopic (exact) mass is 335 g/mol. The lowest BCUT2D eigenvalue weighted by atomic mass is 9.98. The number of hydrogen-bond acceptors (Lipinski definition) is 5. The average molecular weight is 335 g/mol. The molecule has 1 fully saturated rings. The molecule has 5 nitrogen and oxygen atoms in total. The van der Waals surface area contributed by atoms with Crippen molar-refractivity contribution in [3.63, 3.8) is 0 Å². The van der Waals surface area contributed by atoms with Crippen LogP contribution in [0.3, 0.4) is 0 Å². The molecule has 1 heterocycles. The lowest BCUT2D eigenvalue weighted by Gasteiger charge is -2.33. The normalized spacial score (nSPS) is 15.3. The molecule has 8 heteroatoms. The van der Waals surface area contributed by atoms with E-state index < -0.39 is 17.5 Å². The van der Waals surface area contributed by atoms with Crippen molar-refractivity contribution in [2.75, 3.05) is 23.4 Å². The Hall–Kier alpha value is -2.74. The fourth-order valence-corrected chi connectivity index (χ4v) is 2.52. The summed E-state index contributed by atoms with van der Waals surface area (Å²) in [5.74, 6) is 0.578. The quantitative estimate of drug-likeness (QED) is 0.674.